The lowest BCUT2D eigenvalue weighted by Gasteiger charge is -2.51. The number of hydrogen-bond acceptors (Lipinski definition) is 5. The Labute approximate surface area is 167 Å². The van der Waals surface area contributed by atoms with Gasteiger partial charge in [0.2, 0.25) is 5.91 Å². The number of nitrogens with one attached hydrogen (secondary N) is 1. The van der Waals surface area contributed by atoms with Crippen LogP contribution in [0.25, 0.3) is 0 Å². The van der Waals surface area contributed by atoms with E-state index in [4.69, 9.17) is 14.2 Å². The molecule has 0 aromatic heterocycles. The Hall–Kier alpha value is -1.79. The molecule has 0 unspecified atom stereocenters. The van der Waals surface area contributed by atoms with Gasteiger partial charge >= 0.3 is 0 Å². The number of methoxy groups -OCH3 is 2. The Morgan fingerprint density at radius 3 is 2.54 bits per heavy atom. The van der Waals surface area contributed by atoms with Crippen molar-refractivity contribution in [2.75, 3.05) is 34.9 Å². The van der Waals surface area contributed by atoms with E-state index in [1.54, 1.807) is 14.2 Å². The standard InChI is InChI=1S/C22H32N2O4/c1-24(2)19-18(15-9-12-28-20(15)19)23-21(25)22(10-5-6-11-22)14-7-8-16(26-3)17(13-14)27-4/h7-8,13,15,18-20H,5-6,9-12H2,1-4H3,(H,23,25)/t15-,18+,19-,20-/m1/s1. The fourth-order valence-corrected chi connectivity index (χ4v) is 5.53. The highest BCUT2D eigenvalue weighted by molar-refractivity contribution is 5.89. The molecule has 1 amide bonds. The number of carbonyl (C=O) groups is 1. The van der Waals surface area contributed by atoms with Gasteiger partial charge in [-0.05, 0) is 51.1 Å². The van der Waals surface area contributed by atoms with Crippen LogP contribution < -0.4 is 14.8 Å². The average molecular weight is 389 g/mol. The van der Waals surface area contributed by atoms with Crippen LogP contribution in [0, 0.1) is 5.92 Å². The maximum Gasteiger partial charge on any atom is 0.230 e. The van der Waals surface area contributed by atoms with Gasteiger partial charge in [0, 0.05) is 12.5 Å². The largest absolute Gasteiger partial charge is 0.493 e. The molecule has 0 bridgehead atoms. The van der Waals surface area contributed by atoms with E-state index in [-0.39, 0.29) is 24.1 Å². The molecule has 28 heavy (non-hydrogen) atoms. The maximum atomic E-state index is 13.6. The van der Waals surface area contributed by atoms with Gasteiger partial charge in [-0.3, -0.25) is 4.79 Å². The third-order valence-corrected chi connectivity index (χ3v) is 7.07. The van der Waals surface area contributed by atoms with E-state index in [2.05, 4.69) is 24.3 Å². The summed E-state index contributed by atoms with van der Waals surface area (Å²) in [6.45, 7) is 0.798. The van der Waals surface area contributed by atoms with Crippen molar-refractivity contribution in [2.45, 2.75) is 55.7 Å². The number of rotatable bonds is 6. The van der Waals surface area contributed by atoms with Crippen LogP contribution >= 0.6 is 0 Å². The van der Waals surface area contributed by atoms with Crippen LogP contribution in [0.3, 0.4) is 0 Å². The van der Waals surface area contributed by atoms with E-state index in [0.717, 1.165) is 44.3 Å². The fourth-order valence-electron chi connectivity index (χ4n) is 5.53. The monoisotopic (exact) mass is 388 g/mol. The smallest absolute Gasteiger partial charge is 0.230 e. The molecule has 3 aliphatic rings. The van der Waals surface area contributed by atoms with Crippen LogP contribution in [0.15, 0.2) is 18.2 Å². The van der Waals surface area contributed by atoms with Crippen molar-refractivity contribution in [3.05, 3.63) is 23.8 Å². The zero-order valence-electron chi connectivity index (χ0n) is 17.4. The number of fused-ring (bicyclic) bond motifs is 1. The number of carbonyl (C=O) groups excluding carboxylic acids is 1. The molecule has 1 aromatic rings. The number of hydrogen-bond donors (Lipinski definition) is 1. The summed E-state index contributed by atoms with van der Waals surface area (Å²) in [4.78, 5) is 15.8. The molecular weight excluding hydrogens is 356 g/mol. The predicted octanol–water partition coefficient (Wildman–Crippen LogP) is 2.35. The van der Waals surface area contributed by atoms with E-state index in [9.17, 15) is 4.79 Å². The van der Waals surface area contributed by atoms with Crippen LogP contribution in [-0.2, 0) is 14.9 Å². The number of ether oxygens (including phenoxy) is 3. The summed E-state index contributed by atoms with van der Waals surface area (Å²) < 4.78 is 16.8. The highest BCUT2D eigenvalue weighted by Crippen LogP contribution is 2.46. The van der Waals surface area contributed by atoms with Crippen molar-refractivity contribution in [3.63, 3.8) is 0 Å². The summed E-state index contributed by atoms with van der Waals surface area (Å²) in [7, 11) is 7.41. The molecule has 1 heterocycles. The van der Waals surface area contributed by atoms with Crippen LogP contribution in [0.2, 0.25) is 0 Å². The van der Waals surface area contributed by atoms with Crippen molar-refractivity contribution < 1.29 is 19.0 Å². The van der Waals surface area contributed by atoms with Gasteiger partial charge in [-0.25, -0.2) is 0 Å². The highest BCUT2D eigenvalue weighted by atomic mass is 16.5. The highest BCUT2D eigenvalue weighted by Gasteiger charge is 2.56. The summed E-state index contributed by atoms with van der Waals surface area (Å²) in [6, 6.07) is 6.33. The summed E-state index contributed by atoms with van der Waals surface area (Å²) in [5, 5.41) is 3.43. The Morgan fingerprint density at radius 2 is 1.89 bits per heavy atom. The molecule has 154 valence electrons. The first-order valence-corrected chi connectivity index (χ1v) is 10.3. The molecule has 1 saturated heterocycles. The normalized spacial score (nSPS) is 30.6. The van der Waals surface area contributed by atoms with Crippen LogP contribution in [0.1, 0.15) is 37.7 Å². The Balaban J connectivity index is 1.60. The van der Waals surface area contributed by atoms with Crippen LogP contribution in [0.5, 0.6) is 11.5 Å². The zero-order chi connectivity index (χ0) is 19.9. The first-order chi connectivity index (χ1) is 13.5. The number of nitrogens with zero attached hydrogens (tertiary/aromatic N) is 1. The van der Waals surface area contributed by atoms with Crippen molar-refractivity contribution in [3.8, 4) is 11.5 Å². The Kier molecular flexibility index (Phi) is 5.27. The molecule has 1 N–H and O–H groups in total. The molecule has 2 saturated carbocycles. The molecule has 0 radical (unpaired) electrons. The van der Waals surface area contributed by atoms with Crippen molar-refractivity contribution in [2.24, 2.45) is 5.92 Å². The van der Waals surface area contributed by atoms with E-state index in [0.29, 0.717) is 17.4 Å². The molecule has 4 atom stereocenters. The minimum atomic E-state index is -0.485. The predicted molar refractivity (Wildman–Crippen MR) is 107 cm³/mol. The van der Waals surface area contributed by atoms with Crippen LogP contribution in [0.4, 0.5) is 0 Å². The minimum absolute atomic E-state index is 0.152. The summed E-state index contributed by atoms with van der Waals surface area (Å²) in [6.07, 6.45) is 5.16. The number of amides is 1. The molecule has 3 fully saturated rings. The quantitative estimate of drug-likeness (QED) is 0.811. The summed E-state index contributed by atoms with van der Waals surface area (Å²) in [5.74, 6) is 1.95. The lowest BCUT2D eigenvalue weighted by molar-refractivity contribution is -0.133. The van der Waals surface area contributed by atoms with Crippen molar-refractivity contribution >= 4 is 5.91 Å². The number of benzene rings is 1. The topological polar surface area (TPSA) is 60.0 Å². The lowest BCUT2D eigenvalue weighted by Crippen LogP contribution is -2.70. The van der Waals surface area contributed by atoms with Gasteiger partial charge in [0.05, 0.1) is 37.8 Å². The van der Waals surface area contributed by atoms with E-state index >= 15 is 0 Å². The number of likely N-dealkylation sites (N-methyl/N-ethyl adjacent to an activating group) is 1. The van der Waals surface area contributed by atoms with Gasteiger partial charge in [-0.15, -0.1) is 0 Å². The molecule has 6 heteroatoms. The molecule has 1 aliphatic heterocycles. The first-order valence-electron chi connectivity index (χ1n) is 10.3. The van der Waals surface area contributed by atoms with E-state index in [1.807, 2.05) is 18.2 Å². The van der Waals surface area contributed by atoms with Gasteiger partial charge in [-0.2, -0.15) is 0 Å². The van der Waals surface area contributed by atoms with Gasteiger partial charge < -0.3 is 24.4 Å². The molecule has 6 nitrogen and oxygen atoms in total. The molecule has 0 spiro atoms. The molecular formula is C22H32N2O4. The third kappa shape index (κ3) is 2.98. The van der Waals surface area contributed by atoms with Gasteiger partial charge in [0.15, 0.2) is 11.5 Å². The fraction of sp³-hybridized carbons (Fsp3) is 0.682. The first kappa shape index (κ1) is 19.5. The second-order valence-corrected chi connectivity index (χ2v) is 8.60. The van der Waals surface area contributed by atoms with Crippen molar-refractivity contribution in [1.82, 2.24) is 10.2 Å². The second-order valence-electron chi connectivity index (χ2n) is 8.60. The zero-order valence-corrected chi connectivity index (χ0v) is 17.4. The Bertz CT molecular complexity index is 729. The minimum Gasteiger partial charge on any atom is -0.493 e. The van der Waals surface area contributed by atoms with E-state index in [1.165, 1.54) is 0 Å². The van der Waals surface area contributed by atoms with Crippen molar-refractivity contribution in [1.29, 1.82) is 0 Å². The molecule has 1 aromatic carbocycles. The molecule has 2 aliphatic carbocycles. The van der Waals surface area contributed by atoms with Crippen LogP contribution in [-0.4, -0.2) is 63.9 Å². The van der Waals surface area contributed by atoms with E-state index < -0.39 is 5.41 Å². The lowest BCUT2D eigenvalue weighted by atomic mass is 9.69. The second kappa shape index (κ2) is 7.56. The summed E-state index contributed by atoms with van der Waals surface area (Å²) >= 11 is 0. The molecule has 4 rings (SSSR count). The van der Waals surface area contributed by atoms with Gasteiger partial charge in [0.1, 0.15) is 0 Å². The SMILES string of the molecule is COc1ccc(C2(C(=O)N[C@H]3[C@H]4CCO[C@H]4[C@@H]3N(C)C)CCCC2)cc1OC. The maximum absolute atomic E-state index is 13.6. The van der Waals surface area contributed by atoms with Gasteiger partial charge in [-0.1, -0.05) is 18.9 Å². The van der Waals surface area contributed by atoms with Gasteiger partial charge in [0.25, 0.3) is 0 Å². The third-order valence-electron chi connectivity index (χ3n) is 7.07. The average Bonchev–Trinajstić information content (AvgIpc) is 3.33. The summed E-state index contributed by atoms with van der Waals surface area (Å²) in [5.41, 5.74) is 0.543. The Morgan fingerprint density at radius 1 is 1.18 bits per heavy atom.